The molecule has 1 aromatic heterocycles. The highest BCUT2D eigenvalue weighted by atomic mass is 32.2. The molecule has 6 nitrogen and oxygen atoms in total. The van der Waals surface area contributed by atoms with Crippen molar-refractivity contribution >= 4 is 9.84 Å². The SMILES string of the molecule is CCCn1nnc(S(C)(=O)=O)n1. The summed E-state index contributed by atoms with van der Waals surface area (Å²) >= 11 is 0. The van der Waals surface area contributed by atoms with Gasteiger partial charge in [0.05, 0.1) is 6.54 Å². The summed E-state index contributed by atoms with van der Waals surface area (Å²) in [6.45, 7) is 2.53. The lowest BCUT2D eigenvalue weighted by atomic mass is 10.5. The molecule has 0 fully saturated rings. The largest absolute Gasteiger partial charge is 0.288 e. The molecule has 68 valence electrons. The van der Waals surface area contributed by atoms with Crippen molar-refractivity contribution < 1.29 is 8.42 Å². The van der Waals surface area contributed by atoms with Crippen LogP contribution in [0.25, 0.3) is 0 Å². The lowest BCUT2D eigenvalue weighted by Gasteiger charge is -1.90. The van der Waals surface area contributed by atoms with Crippen LogP contribution in [0.3, 0.4) is 0 Å². The Kier molecular flexibility index (Phi) is 2.41. The number of sulfone groups is 1. The number of nitrogens with zero attached hydrogens (tertiary/aromatic N) is 4. The molecule has 0 aliphatic heterocycles. The number of aromatic nitrogens is 4. The van der Waals surface area contributed by atoms with Crippen molar-refractivity contribution in [2.24, 2.45) is 0 Å². The minimum absolute atomic E-state index is 0.212. The standard InChI is InChI=1S/C5H10N4O2S/c1-3-4-9-7-5(6-8-9)12(2,10)11/h3-4H2,1-2H3. The van der Waals surface area contributed by atoms with Gasteiger partial charge in [-0.15, -0.1) is 5.10 Å². The third kappa shape index (κ3) is 2.00. The first-order valence-electron chi connectivity index (χ1n) is 3.52. The number of hydrogen-bond donors (Lipinski definition) is 0. The first kappa shape index (κ1) is 9.11. The molecule has 0 saturated heterocycles. The van der Waals surface area contributed by atoms with E-state index in [0.717, 1.165) is 12.7 Å². The summed E-state index contributed by atoms with van der Waals surface area (Å²) in [5, 5.41) is 10.4. The molecule has 12 heavy (non-hydrogen) atoms. The zero-order valence-electron chi connectivity index (χ0n) is 6.93. The molecule has 0 bridgehead atoms. The van der Waals surface area contributed by atoms with Gasteiger partial charge in [0.2, 0.25) is 9.84 Å². The van der Waals surface area contributed by atoms with Gasteiger partial charge < -0.3 is 0 Å². The van der Waals surface area contributed by atoms with E-state index in [-0.39, 0.29) is 5.16 Å². The van der Waals surface area contributed by atoms with Gasteiger partial charge in [0.15, 0.2) is 0 Å². The van der Waals surface area contributed by atoms with Crippen LogP contribution in [0, 0.1) is 0 Å². The molecule has 0 aliphatic rings. The monoisotopic (exact) mass is 190 g/mol. The Morgan fingerprint density at radius 3 is 2.58 bits per heavy atom. The van der Waals surface area contributed by atoms with Gasteiger partial charge in [0.25, 0.3) is 5.16 Å². The van der Waals surface area contributed by atoms with Crippen LogP contribution in [0.5, 0.6) is 0 Å². The highest BCUT2D eigenvalue weighted by Crippen LogP contribution is 1.97. The molecule has 0 spiro atoms. The van der Waals surface area contributed by atoms with E-state index >= 15 is 0 Å². The summed E-state index contributed by atoms with van der Waals surface area (Å²) in [6, 6.07) is 0. The zero-order chi connectivity index (χ0) is 9.19. The van der Waals surface area contributed by atoms with Gasteiger partial charge in [0, 0.05) is 6.26 Å². The van der Waals surface area contributed by atoms with Crippen molar-refractivity contribution in [3.05, 3.63) is 0 Å². The number of hydrogen-bond acceptors (Lipinski definition) is 5. The second kappa shape index (κ2) is 3.18. The number of rotatable bonds is 3. The van der Waals surface area contributed by atoms with Crippen LogP contribution in [0.1, 0.15) is 13.3 Å². The molecule has 0 amide bonds. The maximum atomic E-state index is 10.9. The maximum Gasteiger partial charge on any atom is 0.288 e. The summed E-state index contributed by atoms with van der Waals surface area (Å²) in [5.74, 6) is 0. The Morgan fingerprint density at radius 1 is 1.50 bits per heavy atom. The van der Waals surface area contributed by atoms with Gasteiger partial charge in [-0.3, -0.25) is 0 Å². The maximum absolute atomic E-state index is 10.9. The average Bonchev–Trinajstić information content (AvgIpc) is 2.35. The van der Waals surface area contributed by atoms with Crippen LogP contribution in [0.15, 0.2) is 5.16 Å². The van der Waals surface area contributed by atoms with Gasteiger partial charge in [-0.2, -0.15) is 4.80 Å². The molecular formula is C5H10N4O2S. The second-order valence-corrected chi connectivity index (χ2v) is 4.35. The molecule has 0 saturated carbocycles. The van der Waals surface area contributed by atoms with E-state index < -0.39 is 9.84 Å². The Hall–Kier alpha value is -0.980. The van der Waals surface area contributed by atoms with Crippen molar-refractivity contribution in [2.75, 3.05) is 6.26 Å². The van der Waals surface area contributed by atoms with Gasteiger partial charge in [-0.05, 0) is 11.6 Å². The summed E-state index contributed by atoms with van der Waals surface area (Å²) in [6.07, 6.45) is 1.90. The third-order valence-corrected chi connectivity index (χ3v) is 2.02. The average molecular weight is 190 g/mol. The van der Waals surface area contributed by atoms with Gasteiger partial charge >= 0.3 is 0 Å². The Balaban J connectivity index is 2.92. The predicted octanol–water partition coefficient (Wildman–Crippen LogP) is -0.513. The van der Waals surface area contributed by atoms with Crippen LogP contribution in [-0.2, 0) is 16.4 Å². The molecule has 1 aromatic rings. The highest BCUT2D eigenvalue weighted by Gasteiger charge is 2.13. The normalized spacial score (nSPS) is 11.8. The van der Waals surface area contributed by atoms with Crippen molar-refractivity contribution in [1.82, 2.24) is 20.2 Å². The highest BCUT2D eigenvalue weighted by molar-refractivity contribution is 7.90. The van der Waals surface area contributed by atoms with E-state index in [1.807, 2.05) is 6.92 Å². The Labute approximate surface area is 70.5 Å². The molecule has 0 unspecified atom stereocenters. The smallest absolute Gasteiger partial charge is 0.221 e. The fourth-order valence-corrected chi connectivity index (χ4v) is 1.10. The minimum Gasteiger partial charge on any atom is -0.221 e. The molecule has 0 aromatic carbocycles. The van der Waals surface area contributed by atoms with Crippen LogP contribution in [-0.4, -0.2) is 34.9 Å². The first-order chi connectivity index (χ1) is 5.54. The molecule has 1 rings (SSSR count). The van der Waals surface area contributed by atoms with E-state index in [4.69, 9.17) is 0 Å². The summed E-state index contributed by atoms with van der Waals surface area (Å²) in [7, 11) is -3.31. The fourth-order valence-electron chi connectivity index (χ4n) is 0.672. The van der Waals surface area contributed by atoms with Gasteiger partial charge in [-0.25, -0.2) is 8.42 Å². The Bertz CT molecular complexity index is 355. The molecule has 0 atom stereocenters. The lowest BCUT2D eigenvalue weighted by Crippen LogP contribution is -2.03. The van der Waals surface area contributed by atoms with Crippen molar-refractivity contribution in [3.8, 4) is 0 Å². The molecule has 1 heterocycles. The van der Waals surface area contributed by atoms with Crippen molar-refractivity contribution in [3.63, 3.8) is 0 Å². The van der Waals surface area contributed by atoms with Crippen LogP contribution in [0.2, 0.25) is 0 Å². The summed E-state index contributed by atoms with van der Waals surface area (Å²) in [4.78, 5) is 1.27. The zero-order valence-corrected chi connectivity index (χ0v) is 7.74. The minimum atomic E-state index is -3.31. The summed E-state index contributed by atoms with van der Waals surface area (Å²) < 4.78 is 21.7. The molecular weight excluding hydrogens is 180 g/mol. The van der Waals surface area contributed by atoms with E-state index in [0.29, 0.717) is 6.54 Å². The van der Waals surface area contributed by atoms with Gasteiger partial charge in [-0.1, -0.05) is 12.0 Å². The Morgan fingerprint density at radius 2 is 2.17 bits per heavy atom. The van der Waals surface area contributed by atoms with Gasteiger partial charge in [0.1, 0.15) is 0 Å². The predicted molar refractivity (Wildman–Crippen MR) is 41.2 cm³/mol. The topological polar surface area (TPSA) is 77.7 Å². The number of aryl methyl sites for hydroxylation is 1. The quantitative estimate of drug-likeness (QED) is 0.641. The summed E-state index contributed by atoms with van der Waals surface area (Å²) in [5.41, 5.74) is 0. The molecule has 0 radical (unpaired) electrons. The lowest BCUT2D eigenvalue weighted by molar-refractivity contribution is 0.509. The van der Waals surface area contributed by atoms with E-state index in [9.17, 15) is 8.42 Å². The number of tetrazole rings is 1. The van der Waals surface area contributed by atoms with E-state index in [1.54, 1.807) is 0 Å². The van der Waals surface area contributed by atoms with Crippen LogP contribution >= 0.6 is 0 Å². The molecule has 7 heteroatoms. The molecule has 0 aliphatic carbocycles. The first-order valence-corrected chi connectivity index (χ1v) is 5.41. The third-order valence-electron chi connectivity index (χ3n) is 1.19. The van der Waals surface area contributed by atoms with Crippen molar-refractivity contribution in [2.45, 2.75) is 25.0 Å². The van der Waals surface area contributed by atoms with E-state index in [1.165, 1.54) is 4.80 Å². The van der Waals surface area contributed by atoms with Crippen molar-refractivity contribution in [1.29, 1.82) is 0 Å². The second-order valence-electron chi connectivity index (χ2n) is 2.44. The van der Waals surface area contributed by atoms with Crippen LogP contribution < -0.4 is 0 Å². The fraction of sp³-hybridized carbons (Fsp3) is 0.800. The van der Waals surface area contributed by atoms with Crippen LogP contribution in [0.4, 0.5) is 0 Å². The van der Waals surface area contributed by atoms with E-state index in [2.05, 4.69) is 15.4 Å². The molecule has 0 N–H and O–H groups in total.